The van der Waals surface area contributed by atoms with E-state index in [1.165, 1.54) is 0 Å². The number of primary amides is 1. The monoisotopic (exact) mass is 283 g/mol. The van der Waals surface area contributed by atoms with Crippen molar-refractivity contribution in [3.8, 4) is 0 Å². The van der Waals surface area contributed by atoms with E-state index in [9.17, 15) is 9.59 Å². The molecule has 21 heavy (non-hydrogen) atoms. The Labute approximate surface area is 123 Å². The van der Waals surface area contributed by atoms with E-state index >= 15 is 0 Å². The third kappa shape index (κ3) is 3.82. The molecule has 0 spiro atoms. The van der Waals surface area contributed by atoms with Gasteiger partial charge >= 0.3 is 0 Å². The highest BCUT2D eigenvalue weighted by atomic mass is 16.1. The molecular weight excluding hydrogens is 266 g/mol. The van der Waals surface area contributed by atoms with Crippen LogP contribution in [0.5, 0.6) is 0 Å². The highest BCUT2D eigenvalue weighted by molar-refractivity contribution is 5.94. The summed E-state index contributed by atoms with van der Waals surface area (Å²) in [6.45, 7) is 0.570. The molecule has 4 N–H and O–H groups in total. The van der Waals surface area contributed by atoms with Gasteiger partial charge in [-0.1, -0.05) is 12.1 Å². The first kappa shape index (κ1) is 14.6. The largest absolute Gasteiger partial charge is 0.381 e. The quantitative estimate of drug-likeness (QED) is 0.781. The molecule has 2 aromatic rings. The number of carbonyl (C=O) groups excluding carboxylic acids is 2. The third-order valence-corrected chi connectivity index (χ3v) is 3.08. The number of benzene rings is 2. The molecule has 108 valence electrons. The number of rotatable bonds is 5. The van der Waals surface area contributed by atoms with Crippen LogP contribution in [-0.4, -0.2) is 18.9 Å². The molecule has 0 radical (unpaired) electrons. The Bertz CT molecular complexity index is 651. The predicted octanol–water partition coefficient (Wildman–Crippen LogP) is 1.76. The van der Waals surface area contributed by atoms with Gasteiger partial charge in [-0.05, 0) is 42.0 Å². The highest BCUT2D eigenvalue weighted by Gasteiger charge is 2.03. The van der Waals surface area contributed by atoms with E-state index in [2.05, 4.69) is 10.6 Å². The molecule has 0 aromatic heterocycles. The van der Waals surface area contributed by atoms with Crippen molar-refractivity contribution in [2.24, 2.45) is 5.73 Å². The van der Waals surface area contributed by atoms with Gasteiger partial charge in [-0.25, -0.2) is 0 Å². The van der Waals surface area contributed by atoms with E-state index in [0.717, 1.165) is 11.3 Å². The lowest BCUT2D eigenvalue weighted by atomic mass is 10.1. The van der Waals surface area contributed by atoms with Crippen LogP contribution in [0.1, 0.15) is 26.3 Å². The average molecular weight is 283 g/mol. The Morgan fingerprint density at radius 1 is 1.05 bits per heavy atom. The maximum absolute atomic E-state index is 11.4. The summed E-state index contributed by atoms with van der Waals surface area (Å²) in [4.78, 5) is 22.6. The number of carbonyl (C=O) groups is 2. The van der Waals surface area contributed by atoms with E-state index in [-0.39, 0.29) is 5.91 Å². The minimum absolute atomic E-state index is 0.115. The van der Waals surface area contributed by atoms with Gasteiger partial charge in [0.15, 0.2) is 0 Å². The first-order valence-electron chi connectivity index (χ1n) is 6.55. The van der Waals surface area contributed by atoms with Crippen LogP contribution in [0, 0.1) is 0 Å². The second-order valence-corrected chi connectivity index (χ2v) is 4.57. The normalized spacial score (nSPS) is 9.95. The van der Waals surface area contributed by atoms with Crippen molar-refractivity contribution >= 4 is 17.5 Å². The zero-order valence-electron chi connectivity index (χ0n) is 11.7. The van der Waals surface area contributed by atoms with E-state index < -0.39 is 5.91 Å². The van der Waals surface area contributed by atoms with Crippen LogP contribution >= 0.6 is 0 Å². The summed E-state index contributed by atoms with van der Waals surface area (Å²) in [5.74, 6) is -0.553. The van der Waals surface area contributed by atoms with Crippen LogP contribution in [0.2, 0.25) is 0 Å². The maximum Gasteiger partial charge on any atom is 0.251 e. The Morgan fingerprint density at radius 2 is 1.76 bits per heavy atom. The van der Waals surface area contributed by atoms with Crippen LogP contribution in [0.25, 0.3) is 0 Å². The van der Waals surface area contributed by atoms with Crippen molar-refractivity contribution in [2.45, 2.75) is 6.54 Å². The molecule has 0 saturated heterocycles. The SMILES string of the molecule is CNC(=O)c1ccc(NCc2cccc(C(N)=O)c2)cc1. The van der Waals surface area contributed by atoms with Crippen LogP contribution in [0.15, 0.2) is 48.5 Å². The molecule has 0 bridgehead atoms. The molecule has 0 aliphatic rings. The molecule has 0 aliphatic carbocycles. The second kappa shape index (κ2) is 6.56. The Kier molecular flexibility index (Phi) is 4.56. The summed E-state index contributed by atoms with van der Waals surface area (Å²) in [7, 11) is 1.60. The zero-order valence-corrected chi connectivity index (χ0v) is 11.7. The number of hydrogen-bond donors (Lipinski definition) is 3. The summed E-state index contributed by atoms with van der Waals surface area (Å²) in [5, 5.41) is 5.80. The van der Waals surface area contributed by atoms with Crippen LogP contribution in [0.4, 0.5) is 5.69 Å². The van der Waals surface area contributed by atoms with Gasteiger partial charge < -0.3 is 16.4 Å². The molecule has 0 aliphatic heterocycles. The summed E-state index contributed by atoms with van der Waals surface area (Å²) in [6, 6.07) is 14.3. The van der Waals surface area contributed by atoms with Crippen molar-refractivity contribution in [1.29, 1.82) is 0 Å². The molecule has 0 heterocycles. The van der Waals surface area contributed by atoms with Gasteiger partial charge in [0.25, 0.3) is 5.91 Å². The van der Waals surface area contributed by atoms with Gasteiger partial charge in [-0.2, -0.15) is 0 Å². The molecule has 2 amide bonds. The van der Waals surface area contributed by atoms with Crippen molar-refractivity contribution < 1.29 is 9.59 Å². The zero-order chi connectivity index (χ0) is 15.2. The van der Waals surface area contributed by atoms with Gasteiger partial charge in [-0.15, -0.1) is 0 Å². The number of amides is 2. The Hall–Kier alpha value is -2.82. The van der Waals surface area contributed by atoms with Crippen molar-refractivity contribution in [2.75, 3.05) is 12.4 Å². The van der Waals surface area contributed by atoms with Crippen molar-refractivity contribution in [3.63, 3.8) is 0 Å². The van der Waals surface area contributed by atoms with Crippen LogP contribution in [-0.2, 0) is 6.54 Å². The van der Waals surface area contributed by atoms with E-state index in [1.807, 2.05) is 18.2 Å². The number of nitrogens with two attached hydrogens (primary N) is 1. The van der Waals surface area contributed by atoms with Gasteiger partial charge in [0.1, 0.15) is 0 Å². The van der Waals surface area contributed by atoms with Crippen molar-refractivity contribution in [3.05, 3.63) is 65.2 Å². The molecule has 5 nitrogen and oxygen atoms in total. The molecule has 2 rings (SSSR count). The second-order valence-electron chi connectivity index (χ2n) is 4.57. The Morgan fingerprint density at radius 3 is 2.38 bits per heavy atom. The summed E-state index contributed by atoms with van der Waals surface area (Å²) < 4.78 is 0. The third-order valence-electron chi connectivity index (χ3n) is 3.08. The lowest BCUT2D eigenvalue weighted by molar-refractivity contribution is 0.0961. The van der Waals surface area contributed by atoms with Gasteiger partial charge in [-0.3, -0.25) is 9.59 Å². The minimum atomic E-state index is -0.438. The van der Waals surface area contributed by atoms with Crippen LogP contribution in [0.3, 0.4) is 0 Å². The first-order chi connectivity index (χ1) is 10.1. The van der Waals surface area contributed by atoms with Gasteiger partial charge in [0, 0.05) is 30.4 Å². The van der Waals surface area contributed by atoms with Gasteiger partial charge in [0.2, 0.25) is 5.91 Å². The van der Waals surface area contributed by atoms with E-state index in [4.69, 9.17) is 5.73 Å². The Balaban J connectivity index is 2.01. The highest BCUT2D eigenvalue weighted by Crippen LogP contribution is 2.12. The average Bonchev–Trinajstić information content (AvgIpc) is 2.53. The molecule has 0 atom stereocenters. The van der Waals surface area contributed by atoms with E-state index in [1.54, 1.807) is 37.4 Å². The fraction of sp³-hybridized carbons (Fsp3) is 0.125. The van der Waals surface area contributed by atoms with Crippen molar-refractivity contribution in [1.82, 2.24) is 5.32 Å². The molecule has 0 fully saturated rings. The van der Waals surface area contributed by atoms with Gasteiger partial charge in [0.05, 0.1) is 0 Å². The molecule has 2 aromatic carbocycles. The smallest absolute Gasteiger partial charge is 0.251 e. The fourth-order valence-corrected chi connectivity index (χ4v) is 1.92. The number of hydrogen-bond acceptors (Lipinski definition) is 3. The van der Waals surface area contributed by atoms with Crippen LogP contribution < -0.4 is 16.4 Å². The standard InChI is InChI=1S/C16H17N3O2/c1-18-16(21)12-5-7-14(8-6-12)19-10-11-3-2-4-13(9-11)15(17)20/h2-9,19H,10H2,1H3,(H2,17,20)(H,18,21). The van der Waals surface area contributed by atoms with E-state index in [0.29, 0.717) is 17.7 Å². The molecule has 0 unspecified atom stereocenters. The molecule has 0 saturated carbocycles. The number of anilines is 1. The first-order valence-corrected chi connectivity index (χ1v) is 6.55. The lowest BCUT2D eigenvalue weighted by Gasteiger charge is -2.08. The summed E-state index contributed by atoms with van der Waals surface area (Å²) >= 11 is 0. The maximum atomic E-state index is 11.4. The summed E-state index contributed by atoms with van der Waals surface area (Å²) in [5.41, 5.74) is 8.21. The fourth-order valence-electron chi connectivity index (χ4n) is 1.92. The lowest BCUT2D eigenvalue weighted by Crippen LogP contribution is -2.17. The topological polar surface area (TPSA) is 84.2 Å². The summed E-state index contributed by atoms with van der Waals surface area (Å²) in [6.07, 6.45) is 0. The molecule has 5 heteroatoms. The predicted molar refractivity (Wildman–Crippen MR) is 82.1 cm³/mol. The number of nitrogens with one attached hydrogen (secondary N) is 2. The molecular formula is C16H17N3O2. The minimum Gasteiger partial charge on any atom is -0.381 e.